The van der Waals surface area contributed by atoms with E-state index in [2.05, 4.69) is 37.4 Å². The van der Waals surface area contributed by atoms with Crippen molar-refractivity contribution < 1.29 is 19.1 Å². The second kappa shape index (κ2) is 11.6. The molecule has 0 saturated heterocycles. The maximum absolute atomic E-state index is 12.2. The molecule has 2 aromatic rings. The first-order chi connectivity index (χ1) is 15.1. The molecule has 0 aliphatic carbocycles. The van der Waals surface area contributed by atoms with Crippen molar-refractivity contribution in [2.45, 2.75) is 33.6 Å². The van der Waals surface area contributed by atoms with Crippen molar-refractivity contribution >= 4 is 56.7 Å². The van der Waals surface area contributed by atoms with E-state index in [4.69, 9.17) is 17.0 Å². The van der Waals surface area contributed by atoms with Crippen LogP contribution in [0.5, 0.6) is 5.75 Å². The lowest BCUT2D eigenvalue weighted by Gasteiger charge is -2.16. The monoisotopic (exact) mass is 520 g/mol. The van der Waals surface area contributed by atoms with Gasteiger partial charge in [0, 0.05) is 22.6 Å². The average Bonchev–Trinajstić information content (AvgIpc) is 2.72. The first-order valence-electron chi connectivity index (χ1n) is 9.77. The first kappa shape index (κ1) is 25.3. The third kappa shape index (κ3) is 7.61. The quantitative estimate of drug-likeness (QED) is 0.342. The number of amides is 3. The first-order valence-corrected chi connectivity index (χ1v) is 11.0. The second-order valence-electron chi connectivity index (χ2n) is 7.30. The maximum Gasteiger partial charge on any atom is 0.269 e. The molecule has 0 saturated carbocycles. The number of carbonyl (C=O) groups is 3. The molecule has 0 radical (unpaired) electrons. The van der Waals surface area contributed by atoms with Gasteiger partial charge in [0.25, 0.3) is 11.8 Å². The van der Waals surface area contributed by atoms with Gasteiger partial charge in [0.2, 0.25) is 5.91 Å². The van der Waals surface area contributed by atoms with E-state index in [1.807, 2.05) is 32.9 Å². The summed E-state index contributed by atoms with van der Waals surface area (Å²) in [6.45, 7) is 7.18. The summed E-state index contributed by atoms with van der Waals surface area (Å²) in [6.07, 6.45) is 0. The summed E-state index contributed by atoms with van der Waals surface area (Å²) in [5.41, 5.74) is 7.76. The molecule has 0 fully saturated rings. The van der Waals surface area contributed by atoms with Crippen LogP contribution < -0.4 is 26.2 Å². The van der Waals surface area contributed by atoms with Crippen molar-refractivity contribution in [3.63, 3.8) is 0 Å². The minimum absolute atomic E-state index is 0.0714. The normalized spacial score (nSPS) is 10.3. The SMILES string of the molecule is CC(=O)Nc1ccc(C(=O)NNC(=S)NC(=O)COc2cc(C)c(Br)cc2C(C)C)cc1. The summed E-state index contributed by atoms with van der Waals surface area (Å²) >= 11 is 8.54. The van der Waals surface area contributed by atoms with Gasteiger partial charge in [-0.2, -0.15) is 0 Å². The number of ether oxygens (including phenoxy) is 1. The summed E-state index contributed by atoms with van der Waals surface area (Å²) < 4.78 is 6.67. The van der Waals surface area contributed by atoms with Crippen LogP contribution in [-0.4, -0.2) is 29.4 Å². The zero-order valence-electron chi connectivity index (χ0n) is 18.2. The van der Waals surface area contributed by atoms with E-state index in [1.54, 1.807) is 24.3 Å². The molecular formula is C22H25BrN4O4S. The van der Waals surface area contributed by atoms with Crippen molar-refractivity contribution in [1.29, 1.82) is 0 Å². The fourth-order valence-corrected chi connectivity index (χ4v) is 3.20. The summed E-state index contributed by atoms with van der Waals surface area (Å²) in [4.78, 5) is 35.4. The Morgan fingerprint density at radius 2 is 1.75 bits per heavy atom. The van der Waals surface area contributed by atoms with Crippen LogP contribution in [0.2, 0.25) is 0 Å². The Hall–Kier alpha value is -2.98. The molecule has 0 aliphatic heterocycles. The molecular weight excluding hydrogens is 496 g/mol. The van der Waals surface area contributed by atoms with Crippen molar-refractivity contribution in [3.8, 4) is 5.75 Å². The Kier molecular flexibility index (Phi) is 9.15. The molecule has 0 aliphatic rings. The second-order valence-corrected chi connectivity index (χ2v) is 8.56. The largest absolute Gasteiger partial charge is 0.483 e. The smallest absolute Gasteiger partial charge is 0.269 e. The highest BCUT2D eigenvalue weighted by atomic mass is 79.9. The van der Waals surface area contributed by atoms with Crippen molar-refractivity contribution in [2.75, 3.05) is 11.9 Å². The predicted octanol–water partition coefficient (Wildman–Crippen LogP) is 3.55. The van der Waals surface area contributed by atoms with Gasteiger partial charge in [0.1, 0.15) is 5.75 Å². The fourth-order valence-electron chi connectivity index (χ4n) is 2.68. The molecule has 0 atom stereocenters. The van der Waals surface area contributed by atoms with Gasteiger partial charge in [-0.25, -0.2) is 0 Å². The van der Waals surface area contributed by atoms with E-state index < -0.39 is 11.8 Å². The standard InChI is InChI=1S/C22H25BrN4O4S/c1-12(2)17-10-18(23)13(3)9-19(17)31-11-20(29)25-22(32)27-26-21(30)15-5-7-16(8-6-15)24-14(4)28/h5-10,12H,11H2,1-4H3,(H,24,28)(H,26,30)(H2,25,27,29,32). The number of carbonyl (C=O) groups excluding carboxylic acids is 3. The number of thiocarbonyl (C=S) groups is 1. The number of anilines is 1. The highest BCUT2D eigenvalue weighted by Gasteiger charge is 2.13. The zero-order valence-corrected chi connectivity index (χ0v) is 20.6. The number of halogens is 1. The average molecular weight is 521 g/mol. The molecule has 2 aromatic carbocycles. The Balaban J connectivity index is 1.83. The summed E-state index contributed by atoms with van der Waals surface area (Å²) in [7, 11) is 0. The Morgan fingerprint density at radius 3 is 2.34 bits per heavy atom. The molecule has 0 aromatic heterocycles. The van der Waals surface area contributed by atoms with Crippen LogP contribution in [0.25, 0.3) is 0 Å². The van der Waals surface area contributed by atoms with Crippen molar-refractivity contribution in [3.05, 3.63) is 57.6 Å². The van der Waals surface area contributed by atoms with Crippen LogP contribution >= 0.6 is 28.1 Å². The van der Waals surface area contributed by atoms with Gasteiger partial charge >= 0.3 is 0 Å². The molecule has 0 spiro atoms. The number of aryl methyl sites for hydroxylation is 1. The maximum atomic E-state index is 12.2. The fraction of sp³-hybridized carbons (Fsp3) is 0.273. The molecule has 170 valence electrons. The van der Waals surface area contributed by atoms with E-state index in [0.717, 1.165) is 15.6 Å². The predicted molar refractivity (Wildman–Crippen MR) is 131 cm³/mol. The summed E-state index contributed by atoms with van der Waals surface area (Å²) in [6, 6.07) is 10.2. The molecule has 3 amide bonds. The number of nitrogens with one attached hydrogen (secondary N) is 4. The van der Waals surface area contributed by atoms with Gasteiger partial charge in [0.05, 0.1) is 0 Å². The van der Waals surface area contributed by atoms with Crippen LogP contribution in [-0.2, 0) is 9.59 Å². The Bertz CT molecular complexity index is 1030. The van der Waals surface area contributed by atoms with Gasteiger partial charge in [-0.1, -0.05) is 29.8 Å². The topological polar surface area (TPSA) is 109 Å². The lowest BCUT2D eigenvalue weighted by Crippen LogP contribution is -2.49. The van der Waals surface area contributed by atoms with E-state index in [9.17, 15) is 14.4 Å². The lowest BCUT2D eigenvalue weighted by atomic mass is 10.0. The molecule has 2 rings (SSSR count). The van der Waals surface area contributed by atoms with Gasteiger partial charge in [-0.15, -0.1) is 0 Å². The van der Waals surface area contributed by atoms with Crippen LogP contribution in [0.1, 0.15) is 48.2 Å². The number of benzene rings is 2. The Labute approximate surface area is 200 Å². The number of hydrogen-bond acceptors (Lipinski definition) is 5. The summed E-state index contributed by atoms with van der Waals surface area (Å²) in [5.74, 6) is -0.281. The number of hydrazine groups is 1. The molecule has 0 heterocycles. The number of rotatable bonds is 6. The van der Waals surface area contributed by atoms with E-state index in [1.165, 1.54) is 6.92 Å². The van der Waals surface area contributed by atoms with Gasteiger partial charge in [-0.05, 0) is 72.6 Å². The third-order valence-electron chi connectivity index (χ3n) is 4.28. The van der Waals surface area contributed by atoms with E-state index >= 15 is 0 Å². The molecule has 4 N–H and O–H groups in total. The minimum atomic E-state index is -0.466. The molecule has 10 heteroatoms. The van der Waals surface area contributed by atoms with E-state index in [-0.39, 0.29) is 23.5 Å². The Morgan fingerprint density at radius 1 is 1.09 bits per heavy atom. The molecule has 0 unspecified atom stereocenters. The highest BCUT2D eigenvalue weighted by Crippen LogP contribution is 2.32. The highest BCUT2D eigenvalue weighted by molar-refractivity contribution is 9.10. The van der Waals surface area contributed by atoms with Crippen molar-refractivity contribution in [1.82, 2.24) is 16.2 Å². The van der Waals surface area contributed by atoms with Gasteiger partial charge in [0.15, 0.2) is 11.7 Å². The van der Waals surface area contributed by atoms with Crippen LogP contribution in [0.4, 0.5) is 5.69 Å². The molecule has 0 bridgehead atoms. The molecule has 32 heavy (non-hydrogen) atoms. The van der Waals surface area contributed by atoms with Crippen LogP contribution in [0, 0.1) is 6.92 Å². The van der Waals surface area contributed by atoms with Crippen molar-refractivity contribution in [2.24, 2.45) is 0 Å². The van der Waals surface area contributed by atoms with E-state index in [0.29, 0.717) is 17.0 Å². The zero-order chi connectivity index (χ0) is 23.8. The van der Waals surface area contributed by atoms with Crippen LogP contribution in [0.15, 0.2) is 40.9 Å². The number of hydrogen-bond donors (Lipinski definition) is 4. The van der Waals surface area contributed by atoms with Gasteiger partial charge in [-0.3, -0.25) is 30.6 Å². The van der Waals surface area contributed by atoms with Crippen LogP contribution in [0.3, 0.4) is 0 Å². The summed E-state index contributed by atoms with van der Waals surface area (Å²) in [5, 5.41) is 4.99. The minimum Gasteiger partial charge on any atom is -0.483 e. The lowest BCUT2D eigenvalue weighted by molar-refractivity contribution is -0.121. The molecule has 8 nitrogen and oxygen atoms in total. The van der Waals surface area contributed by atoms with Gasteiger partial charge < -0.3 is 10.1 Å². The third-order valence-corrected chi connectivity index (χ3v) is 5.34.